The van der Waals surface area contributed by atoms with Gasteiger partial charge in [-0.3, -0.25) is 14.6 Å². The molecule has 11 nitrogen and oxygen atoms in total. The first-order valence-corrected chi connectivity index (χ1v) is 13.1. The molecule has 40 heavy (non-hydrogen) atoms. The maximum Gasteiger partial charge on any atom is 0.338 e. The van der Waals surface area contributed by atoms with Crippen LogP contribution in [0.2, 0.25) is 0 Å². The monoisotopic (exact) mass is 552 g/mol. The quantitative estimate of drug-likeness (QED) is 0.473. The van der Waals surface area contributed by atoms with Gasteiger partial charge in [-0.1, -0.05) is 12.1 Å². The van der Waals surface area contributed by atoms with Crippen LogP contribution in [0.4, 0.5) is 4.79 Å². The fraction of sp³-hybridized carbons (Fsp3) is 0.414. The van der Waals surface area contributed by atoms with E-state index in [0.717, 1.165) is 0 Å². The molecule has 214 valence electrons. The lowest BCUT2D eigenvalue weighted by molar-refractivity contribution is -0.139. The number of nitrogens with zero attached hydrogens (tertiary/aromatic N) is 3. The largest absolute Gasteiger partial charge is 0.497 e. The summed E-state index contributed by atoms with van der Waals surface area (Å²) in [6.45, 7) is 4.44. The van der Waals surface area contributed by atoms with E-state index in [1.807, 2.05) is 0 Å². The number of carbonyl (C=O) groups is 3. The summed E-state index contributed by atoms with van der Waals surface area (Å²) >= 11 is 0. The predicted molar refractivity (Wildman–Crippen MR) is 148 cm³/mol. The molecular formula is C29H36N4O7. The molecule has 4 rings (SSSR count). The van der Waals surface area contributed by atoms with E-state index in [2.05, 4.69) is 10.2 Å². The van der Waals surface area contributed by atoms with Gasteiger partial charge in [-0.05, 0) is 42.8 Å². The number of hydrogen-bond donors (Lipinski definition) is 1. The van der Waals surface area contributed by atoms with Crippen LogP contribution in [0.3, 0.4) is 0 Å². The molecule has 0 bridgehead atoms. The minimum atomic E-state index is -0.742. The van der Waals surface area contributed by atoms with E-state index >= 15 is 0 Å². The van der Waals surface area contributed by atoms with Gasteiger partial charge >= 0.3 is 12.0 Å². The topological polar surface area (TPSA) is 110 Å². The summed E-state index contributed by atoms with van der Waals surface area (Å²) in [6, 6.07) is 11.3. The summed E-state index contributed by atoms with van der Waals surface area (Å²) in [5.41, 5.74) is 2.13. The second kappa shape index (κ2) is 12.7. The van der Waals surface area contributed by atoms with Crippen LogP contribution in [-0.4, -0.2) is 100 Å². The minimum absolute atomic E-state index is 0.0624. The standard InChI is InChI=1S/C29H36N4O7/c1-6-40-28(35)25-22(31(2)29(36)30-26(25)19-10-11-23(38-4)24(17-19)39-5)18-32-12-14-33(15-13-32)27(34)20-8-7-9-21(16-20)37-3/h7-11,16-17,26H,6,12-15,18H2,1-5H3,(H,30,36)/t26-/m1/s1. The number of amides is 3. The Morgan fingerprint density at radius 1 is 0.950 bits per heavy atom. The Morgan fingerprint density at radius 3 is 2.33 bits per heavy atom. The Kier molecular flexibility index (Phi) is 9.15. The molecule has 0 radical (unpaired) electrons. The molecule has 1 N–H and O–H groups in total. The third kappa shape index (κ3) is 5.99. The molecule has 1 atom stereocenters. The average molecular weight is 553 g/mol. The Morgan fingerprint density at radius 2 is 1.68 bits per heavy atom. The van der Waals surface area contributed by atoms with Crippen molar-refractivity contribution >= 4 is 17.9 Å². The smallest absolute Gasteiger partial charge is 0.338 e. The van der Waals surface area contributed by atoms with Gasteiger partial charge in [0.05, 0.1) is 39.6 Å². The van der Waals surface area contributed by atoms with Gasteiger partial charge < -0.3 is 29.2 Å². The highest BCUT2D eigenvalue weighted by molar-refractivity contribution is 5.95. The zero-order valence-electron chi connectivity index (χ0n) is 23.6. The Labute approximate surface area is 234 Å². The van der Waals surface area contributed by atoms with Crippen LogP contribution < -0.4 is 19.5 Å². The third-order valence-electron chi connectivity index (χ3n) is 7.16. The van der Waals surface area contributed by atoms with Crippen molar-refractivity contribution in [2.24, 2.45) is 0 Å². The number of likely N-dealkylation sites (N-methyl/N-ethyl adjacent to an activating group) is 1. The van der Waals surface area contributed by atoms with Crippen molar-refractivity contribution in [1.82, 2.24) is 20.0 Å². The zero-order valence-corrected chi connectivity index (χ0v) is 23.6. The second-order valence-corrected chi connectivity index (χ2v) is 9.44. The molecule has 2 aromatic carbocycles. The van der Waals surface area contributed by atoms with E-state index in [-0.39, 0.29) is 18.5 Å². The SMILES string of the molecule is CCOC(=O)C1=C(CN2CCN(C(=O)c3cccc(OC)c3)CC2)N(C)C(=O)N[C@@H]1c1ccc(OC)c(OC)c1. The molecule has 0 unspecified atom stereocenters. The molecule has 3 amide bonds. The van der Waals surface area contributed by atoms with E-state index in [9.17, 15) is 14.4 Å². The van der Waals surface area contributed by atoms with Crippen molar-refractivity contribution in [2.75, 3.05) is 67.7 Å². The first-order chi connectivity index (χ1) is 19.3. The molecule has 0 aliphatic carbocycles. The predicted octanol–water partition coefficient (Wildman–Crippen LogP) is 2.68. The summed E-state index contributed by atoms with van der Waals surface area (Å²) in [4.78, 5) is 44.9. The lowest BCUT2D eigenvalue weighted by atomic mass is 9.94. The lowest BCUT2D eigenvalue weighted by Crippen LogP contribution is -2.53. The molecule has 11 heteroatoms. The fourth-order valence-corrected chi connectivity index (χ4v) is 4.94. The Hall–Kier alpha value is -4.25. The highest BCUT2D eigenvalue weighted by atomic mass is 16.5. The van der Waals surface area contributed by atoms with Gasteiger partial charge in [0.1, 0.15) is 5.75 Å². The number of hydrogen-bond acceptors (Lipinski definition) is 8. The maximum atomic E-state index is 13.3. The molecular weight excluding hydrogens is 516 g/mol. The number of rotatable bonds is 9. The van der Waals surface area contributed by atoms with Crippen LogP contribution in [0.5, 0.6) is 17.2 Å². The Balaban J connectivity index is 1.59. The number of piperazine rings is 1. The average Bonchev–Trinajstić information content (AvgIpc) is 2.99. The van der Waals surface area contributed by atoms with Crippen LogP contribution in [0.25, 0.3) is 0 Å². The summed E-state index contributed by atoms with van der Waals surface area (Å²) in [7, 11) is 6.28. The Bertz CT molecular complexity index is 1290. The van der Waals surface area contributed by atoms with Crippen molar-refractivity contribution in [3.8, 4) is 17.2 Å². The molecule has 2 heterocycles. The van der Waals surface area contributed by atoms with Gasteiger partial charge in [0.2, 0.25) is 0 Å². The highest BCUT2D eigenvalue weighted by Gasteiger charge is 2.38. The van der Waals surface area contributed by atoms with E-state index in [4.69, 9.17) is 18.9 Å². The van der Waals surface area contributed by atoms with Crippen LogP contribution in [0, 0.1) is 0 Å². The highest BCUT2D eigenvalue weighted by Crippen LogP contribution is 2.36. The van der Waals surface area contributed by atoms with E-state index in [1.165, 1.54) is 12.0 Å². The van der Waals surface area contributed by atoms with Gasteiger partial charge in [0.25, 0.3) is 5.91 Å². The number of ether oxygens (including phenoxy) is 4. The molecule has 1 fully saturated rings. The lowest BCUT2D eigenvalue weighted by Gasteiger charge is -2.39. The first-order valence-electron chi connectivity index (χ1n) is 13.1. The summed E-state index contributed by atoms with van der Waals surface area (Å²) in [5.74, 6) is 1.08. The van der Waals surface area contributed by atoms with Crippen molar-refractivity contribution < 1.29 is 33.3 Å². The number of nitrogens with one attached hydrogen (secondary N) is 1. The fourth-order valence-electron chi connectivity index (χ4n) is 4.94. The summed E-state index contributed by atoms with van der Waals surface area (Å²) < 4.78 is 21.5. The molecule has 1 saturated heterocycles. The second-order valence-electron chi connectivity index (χ2n) is 9.44. The third-order valence-corrected chi connectivity index (χ3v) is 7.16. The maximum absolute atomic E-state index is 13.3. The summed E-state index contributed by atoms with van der Waals surface area (Å²) in [5, 5.41) is 2.93. The van der Waals surface area contributed by atoms with Gasteiger partial charge in [0.15, 0.2) is 11.5 Å². The molecule has 0 aromatic heterocycles. The van der Waals surface area contributed by atoms with Gasteiger partial charge in [-0.25, -0.2) is 9.59 Å². The van der Waals surface area contributed by atoms with Crippen molar-refractivity contribution in [2.45, 2.75) is 13.0 Å². The van der Waals surface area contributed by atoms with Gasteiger partial charge in [0, 0.05) is 51.0 Å². The van der Waals surface area contributed by atoms with Crippen LogP contribution >= 0.6 is 0 Å². The zero-order chi connectivity index (χ0) is 28.8. The first kappa shape index (κ1) is 28.8. The van der Waals surface area contributed by atoms with E-state index in [1.54, 1.807) is 75.6 Å². The molecule has 2 aliphatic rings. The number of esters is 1. The van der Waals surface area contributed by atoms with Crippen molar-refractivity contribution in [3.63, 3.8) is 0 Å². The van der Waals surface area contributed by atoms with Gasteiger partial charge in [-0.15, -0.1) is 0 Å². The molecule has 0 spiro atoms. The van der Waals surface area contributed by atoms with Crippen LogP contribution in [-0.2, 0) is 9.53 Å². The van der Waals surface area contributed by atoms with E-state index in [0.29, 0.717) is 72.4 Å². The minimum Gasteiger partial charge on any atom is -0.497 e. The van der Waals surface area contributed by atoms with E-state index < -0.39 is 12.0 Å². The molecule has 2 aliphatic heterocycles. The number of carbonyl (C=O) groups excluding carboxylic acids is 3. The van der Waals surface area contributed by atoms with Crippen molar-refractivity contribution in [1.29, 1.82) is 0 Å². The molecule has 2 aromatic rings. The number of urea groups is 1. The van der Waals surface area contributed by atoms with Crippen LogP contribution in [0.15, 0.2) is 53.7 Å². The van der Waals surface area contributed by atoms with Crippen LogP contribution in [0.1, 0.15) is 28.9 Å². The normalized spacial score (nSPS) is 17.8. The number of methoxy groups -OCH3 is 3. The molecule has 0 saturated carbocycles. The van der Waals surface area contributed by atoms with Gasteiger partial charge in [-0.2, -0.15) is 0 Å². The number of benzene rings is 2. The summed E-state index contributed by atoms with van der Waals surface area (Å²) in [6.07, 6.45) is 0. The van der Waals surface area contributed by atoms with Crippen molar-refractivity contribution in [3.05, 3.63) is 64.9 Å².